The van der Waals surface area contributed by atoms with Crippen LogP contribution < -0.4 is 5.32 Å². The van der Waals surface area contributed by atoms with Crippen LogP contribution in [0.3, 0.4) is 0 Å². The van der Waals surface area contributed by atoms with Gasteiger partial charge < -0.3 is 10.4 Å². The number of halogens is 2. The highest BCUT2D eigenvalue weighted by molar-refractivity contribution is 9.11. The van der Waals surface area contributed by atoms with Gasteiger partial charge in [0.15, 0.2) is 0 Å². The number of carbonyl (C=O) groups is 1. The van der Waals surface area contributed by atoms with Gasteiger partial charge in [-0.3, -0.25) is 0 Å². The summed E-state index contributed by atoms with van der Waals surface area (Å²) in [4.78, 5) is 10.8. The van der Waals surface area contributed by atoms with E-state index in [1.54, 1.807) is 6.08 Å². The van der Waals surface area contributed by atoms with Crippen LogP contribution in [-0.2, 0) is 4.79 Å². The van der Waals surface area contributed by atoms with Gasteiger partial charge in [0.25, 0.3) is 0 Å². The van der Waals surface area contributed by atoms with E-state index in [0.29, 0.717) is 18.5 Å². The van der Waals surface area contributed by atoms with Crippen LogP contribution in [0.5, 0.6) is 0 Å². The fraction of sp³-hybridized carbons (Fsp3) is 0.250. The highest BCUT2D eigenvalue weighted by Crippen LogP contribution is 2.25. The normalized spacial score (nSPS) is 11.4. The quantitative estimate of drug-likeness (QED) is 0.777. The maximum absolute atomic E-state index is 10.8. The number of benzene rings is 1. The number of hydrogen-bond donors (Lipinski definition) is 2. The Balaban J connectivity index is 2.65. The van der Waals surface area contributed by atoms with E-state index in [1.165, 1.54) is 0 Å². The lowest BCUT2D eigenvalue weighted by molar-refractivity contribution is -0.132. The number of carboxylic acids is 1. The Morgan fingerprint density at radius 1 is 1.47 bits per heavy atom. The number of carboxylic acid groups (broad SMARTS) is 1. The summed E-state index contributed by atoms with van der Waals surface area (Å²) in [7, 11) is 0. The maximum atomic E-state index is 10.8. The maximum Gasteiger partial charge on any atom is 0.331 e. The van der Waals surface area contributed by atoms with E-state index in [1.807, 2.05) is 25.1 Å². The van der Waals surface area contributed by atoms with Gasteiger partial charge in [-0.25, -0.2) is 4.79 Å². The molecule has 0 saturated carbocycles. The van der Waals surface area contributed by atoms with E-state index in [2.05, 4.69) is 37.2 Å². The van der Waals surface area contributed by atoms with Crippen molar-refractivity contribution in [2.24, 2.45) is 0 Å². The number of rotatable bonds is 5. The zero-order valence-electron chi connectivity index (χ0n) is 9.34. The first kappa shape index (κ1) is 14.3. The molecule has 1 aromatic carbocycles. The standard InChI is InChI=1S/C12H13Br2NO2/c1-2-8(12(16)17)5-6-15-11-4-3-9(13)7-10(11)14/h3-5,7,15H,2,6H2,1H3,(H,16,17)/b8-5-. The molecule has 0 aliphatic rings. The summed E-state index contributed by atoms with van der Waals surface area (Å²) in [5.41, 5.74) is 1.36. The first-order valence-electron chi connectivity index (χ1n) is 5.15. The lowest BCUT2D eigenvalue weighted by Gasteiger charge is -2.07. The molecule has 0 spiro atoms. The molecule has 92 valence electrons. The molecule has 0 atom stereocenters. The van der Waals surface area contributed by atoms with Gasteiger partial charge in [-0.05, 0) is 40.5 Å². The van der Waals surface area contributed by atoms with Crippen molar-refractivity contribution in [3.05, 3.63) is 38.8 Å². The molecule has 0 aliphatic carbocycles. The van der Waals surface area contributed by atoms with Crippen LogP contribution >= 0.6 is 31.9 Å². The van der Waals surface area contributed by atoms with Crippen LogP contribution in [0.25, 0.3) is 0 Å². The second kappa shape index (κ2) is 6.81. The van der Waals surface area contributed by atoms with Gasteiger partial charge in [0.2, 0.25) is 0 Å². The molecule has 3 nitrogen and oxygen atoms in total. The van der Waals surface area contributed by atoms with Gasteiger partial charge >= 0.3 is 5.97 Å². The molecule has 1 aromatic rings. The molecular weight excluding hydrogens is 350 g/mol. The molecule has 17 heavy (non-hydrogen) atoms. The van der Waals surface area contributed by atoms with E-state index in [9.17, 15) is 4.79 Å². The first-order valence-corrected chi connectivity index (χ1v) is 6.74. The second-order valence-electron chi connectivity index (χ2n) is 3.39. The van der Waals surface area contributed by atoms with Gasteiger partial charge in [-0.1, -0.05) is 28.9 Å². The first-order chi connectivity index (χ1) is 8.04. The lowest BCUT2D eigenvalue weighted by atomic mass is 10.2. The summed E-state index contributed by atoms with van der Waals surface area (Å²) in [5.74, 6) is -0.857. The summed E-state index contributed by atoms with van der Waals surface area (Å²) in [5, 5.41) is 12.0. The van der Waals surface area contributed by atoms with Crippen molar-refractivity contribution in [3.8, 4) is 0 Å². The Morgan fingerprint density at radius 2 is 2.18 bits per heavy atom. The highest BCUT2D eigenvalue weighted by Gasteiger charge is 2.03. The fourth-order valence-electron chi connectivity index (χ4n) is 1.30. The third kappa shape index (κ3) is 4.52. The number of aliphatic carboxylic acids is 1. The third-order valence-corrected chi connectivity index (χ3v) is 3.38. The Kier molecular flexibility index (Phi) is 5.71. The Hall–Kier alpha value is -0.810. The van der Waals surface area contributed by atoms with E-state index in [-0.39, 0.29) is 0 Å². The molecule has 0 aromatic heterocycles. The minimum atomic E-state index is -0.857. The van der Waals surface area contributed by atoms with E-state index >= 15 is 0 Å². The van der Waals surface area contributed by atoms with Crippen molar-refractivity contribution in [3.63, 3.8) is 0 Å². The predicted molar refractivity (Wildman–Crippen MR) is 76.3 cm³/mol. The largest absolute Gasteiger partial charge is 0.478 e. The molecule has 5 heteroatoms. The minimum absolute atomic E-state index is 0.422. The molecule has 1 rings (SSSR count). The summed E-state index contributed by atoms with van der Waals surface area (Å²) in [6.45, 7) is 2.32. The minimum Gasteiger partial charge on any atom is -0.478 e. The Morgan fingerprint density at radius 3 is 2.71 bits per heavy atom. The van der Waals surface area contributed by atoms with Crippen LogP contribution in [0.15, 0.2) is 38.8 Å². The lowest BCUT2D eigenvalue weighted by Crippen LogP contribution is -2.05. The average molecular weight is 363 g/mol. The molecule has 0 heterocycles. The molecule has 0 saturated heterocycles. The van der Waals surface area contributed by atoms with Crippen molar-refractivity contribution in [2.45, 2.75) is 13.3 Å². The van der Waals surface area contributed by atoms with Crippen molar-refractivity contribution < 1.29 is 9.90 Å². The Bertz CT molecular complexity index is 444. The topological polar surface area (TPSA) is 49.3 Å². The van der Waals surface area contributed by atoms with Crippen molar-refractivity contribution in [2.75, 3.05) is 11.9 Å². The molecular formula is C12H13Br2NO2. The fourth-order valence-corrected chi connectivity index (χ4v) is 2.49. The van der Waals surface area contributed by atoms with Gasteiger partial charge in [0, 0.05) is 26.8 Å². The zero-order valence-corrected chi connectivity index (χ0v) is 12.5. The van der Waals surface area contributed by atoms with Crippen molar-refractivity contribution in [1.82, 2.24) is 0 Å². The monoisotopic (exact) mass is 361 g/mol. The number of nitrogens with one attached hydrogen (secondary N) is 1. The van der Waals surface area contributed by atoms with E-state index in [4.69, 9.17) is 5.11 Å². The van der Waals surface area contributed by atoms with Crippen LogP contribution in [0.2, 0.25) is 0 Å². The smallest absolute Gasteiger partial charge is 0.331 e. The summed E-state index contributed by atoms with van der Waals surface area (Å²) in [6, 6.07) is 5.78. The van der Waals surface area contributed by atoms with Crippen LogP contribution in [0.4, 0.5) is 5.69 Å². The summed E-state index contributed by atoms with van der Waals surface area (Å²) >= 11 is 6.80. The molecule has 0 aliphatic heterocycles. The second-order valence-corrected chi connectivity index (χ2v) is 5.16. The molecule has 0 radical (unpaired) electrons. The summed E-state index contributed by atoms with van der Waals surface area (Å²) in [6.07, 6.45) is 2.22. The molecule has 0 fully saturated rings. The predicted octanol–water partition coefficient (Wildman–Crippen LogP) is 4.04. The third-order valence-electron chi connectivity index (χ3n) is 2.23. The van der Waals surface area contributed by atoms with Gasteiger partial charge in [-0.2, -0.15) is 0 Å². The number of hydrogen-bond acceptors (Lipinski definition) is 2. The van der Waals surface area contributed by atoms with E-state index in [0.717, 1.165) is 14.6 Å². The zero-order chi connectivity index (χ0) is 12.8. The molecule has 0 bridgehead atoms. The molecule has 2 N–H and O–H groups in total. The molecule has 0 amide bonds. The van der Waals surface area contributed by atoms with E-state index < -0.39 is 5.97 Å². The van der Waals surface area contributed by atoms with Gasteiger partial charge in [0.05, 0.1) is 0 Å². The van der Waals surface area contributed by atoms with Crippen LogP contribution in [-0.4, -0.2) is 17.6 Å². The van der Waals surface area contributed by atoms with Gasteiger partial charge in [0.1, 0.15) is 0 Å². The number of anilines is 1. The Labute approximate surface area is 117 Å². The van der Waals surface area contributed by atoms with Crippen LogP contribution in [0, 0.1) is 0 Å². The average Bonchev–Trinajstić information content (AvgIpc) is 2.26. The van der Waals surface area contributed by atoms with Crippen molar-refractivity contribution in [1.29, 1.82) is 0 Å². The SMILES string of the molecule is CC/C(=C/CNc1ccc(Br)cc1Br)C(=O)O. The molecule has 0 unspecified atom stereocenters. The van der Waals surface area contributed by atoms with Gasteiger partial charge in [-0.15, -0.1) is 0 Å². The summed E-state index contributed by atoms with van der Waals surface area (Å²) < 4.78 is 1.93. The van der Waals surface area contributed by atoms with Crippen molar-refractivity contribution >= 4 is 43.5 Å². The van der Waals surface area contributed by atoms with Crippen LogP contribution in [0.1, 0.15) is 13.3 Å². The highest BCUT2D eigenvalue weighted by atomic mass is 79.9.